The van der Waals surface area contributed by atoms with Crippen LogP contribution in [0.1, 0.15) is 44.0 Å². The third kappa shape index (κ3) is 3.07. The quantitative estimate of drug-likeness (QED) is 0.915. The van der Waals surface area contributed by atoms with Crippen molar-refractivity contribution in [2.75, 3.05) is 19.6 Å². The van der Waals surface area contributed by atoms with E-state index in [9.17, 15) is 0 Å². The summed E-state index contributed by atoms with van der Waals surface area (Å²) in [6, 6.07) is 3.05. The summed E-state index contributed by atoms with van der Waals surface area (Å²) in [7, 11) is 0. The largest absolute Gasteiger partial charge is 0.314 e. The first-order valence-electron chi connectivity index (χ1n) is 8.25. The van der Waals surface area contributed by atoms with Gasteiger partial charge in [0.1, 0.15) is 0 Å². The Kier molecular flexibility index (Phi) is 4.41. The van der Waals surface area contributed by atoms with Gasteiger partial charge in [0, 0.05) is 19.1 Å². The molecule has 2 saturated heterocycles. The van der Waals surface area contributed by atoms with Crippen molar-refractivity contribution in [2.24, 2.45) is 5.92 Å². The molecular formula is C16H28N4. The zero-order valence-corrected chi connectivity index (χ0v) is 12.9. The zero-order chi connectivity index (χ0) is 13.9. The van der Waals surface area contributed by atoms with Crippen LogP contribution in [0.3, 0.4) is 0 Å². The van der Waals surface area contributed by atoms with Crippen molar-refractivity contribution in [2.45, 2.75) is 58.7 Å². The molecule has 20 heavy (non-hydrogen) atoms. The maximum absolute atomic E-state index is 4.55. The number of aromatic nitrogens is 2. The van der Waals surface area contributed by atoms with Gasteiger partial charge in [0.05, 0.1) is 11.4 Å². The van der Waals surface area contributed by atoms with E-state index < -0.39 is 0 Å². The Hall–Kier alpha value is -0.870. The lowest BCUT2D eigenvalue weighted by Crippen LogP contribution is -2.40. The highest BCUT2D eigenvalue weighted by molar-refractivity contribution is 5.09. The lowest BCUT2D eigenvalue weighted by Gasteiger charge is -2.34. The van der Waals surface area contributed by atoms with Crippen molar-refractivity contribution in [1.29, 1.82) is 0 Å². The number of aryl methyl sites for hydroxylation is 2. The van der Waals surface area contributed by atoms with Crippen LogP contribution in [0.25, 0.3) is 0 Å². The van der Waals surface area contributed by atoms with Crippen molar-refractivity contribution < 1.29 is 0 Å². The van der Waals surface area contributed by atoms with Crippen LogP contribution < -0.4 is 5.32 Å². The SMILES string of the molecule is CCn1nc(C)cc1CN1CCC(C2CCCN2)CC1. The number of nitrogens with zero attached hydrogens (tertiary/aromatic N) is 3. The van der Waals surface area contributed by atoms with Gasteiger partial charge in [-0.25, -0.2) is 0 Å². The fraction of sp³-hybridized carbons (Fsp3) is 0.812. The van der Waals surface area contributed by atoms with Crippen LogP contribution in [0.5, 0.6) is 0 Å². The lowest BCUT2D eigenvalue weighted by atomic mass is 9.88. The smallest absolute Gasteiger partial charge is 0.0597 e. The molecule has 4 nitrogen and oxygen atoms in total. The summed E-state index contributed by atoms with van der Waals surface area (Å²) in [4.78, 5) is 2.61. The molecule has 0 aromatic carbocycles. The molecule has 0 bridgehead atoms. The van der Waals surface area contributed by atoms with Crippen LogP contribution in [-0.4, -0.2) is 40.4 Å². The topological polar surface area (TPSA) is 33.1 Å². The third-order valence-electron chi connectivity index (χ3n) is 4.97. The van der Waals surface area contributed by atoms with E-state index in [-0.39, 0.29) is 0 Å². The van der Waals surface area contributed by atoms with Gasteiger partial charge in [-0.1, -0.05) is 0 Å². The van der Waals surface area contributed by atoms with E-state index in [1.807, 2.05) is 0 Å². The van der Waals surface area contributed by atoms with E-state index in [1.165, 1.54) is 51.0 Å². The Labute approximate surface area is 122 Å². The molecule has 0 amide bonds. The van der Waals surface area contributed by atoms with Crippen LogP contribution in [0.4, 0.5) is 0 Å². The monoisotopic (exact) mass is 276 g/mol. The second-order valence-corrected chi connectivity index (χ2v) is 6.41. The summed E-state index contributed by atoms with van der Waals surface area (Å²) in [5, 5.41) is 8.23. The Balaban J connectivity index is 1.53. The van der Waals surface area contributed by atoms with Gasteiger partial charge < -0.3 is 5.32 Å². The molecule has 1 unspecified atom stereocenters. The number of likely N-dealkylation sites (tertiary alicyclic amines) is 1. The highest BCUT2D eigenvalue weighted by Gasteiger charge is 2.28. The maximum atomic E-state index is 4.55. The van der Waals surface area contributed by atoms with Crippen molar-refractivity contribution in [3.05, 3.63) is 17.5 Å². The molecule has 1 N–H and O–H groups in total. The Bertz CT molecular complexity index is 426. The first-order chi connectivity index (χ1) is 9.76. The van der Waals surface area contributed by atoms with Crippen LogP contribution in [0.2, 0.25) is 0 Å². The van der Waals surface area contributed by atoms with E-state index >= 15 is 0 Å². The molecule has 2 fully saturated rings. The molecule has 3 rings (SSSR count). The molecule has 2 aliphatic heterocycles. The van der Waals surface area contributed by atoms with E-state index in [0.29, 0.717) is 0 Å². The number of rotatable bonds is 4. The van der Waals surface area contributed by atoms with Gasteiger partial charge in [0.25, 0.3) is 0 Å². The standard InChI is InChI=1S/C16H28N4/c1-3-20-15(11-13(2)18-20)12-19-9-6-14(7-10-19)16-5-4-8-17-16/h11,14,16-17H,3-10,12H2,1-2H3. The second kappa shape index (κ2) is 6.27. The number of nitrogens with one attached hydrogen (secondary N) is 1. The Morgan fingerprint density at radius 2 is 2.10 bits per heavy atom. The second-order valence-electron chi connectivity index (χ2n) is 6.41. The molecule has 0 radical (unpaired) electrons. The van der Waals surface area contributed by atoms with Gasteiger partial charge in [-0.15, -0.1) is 0 Å². The van der Waals surface area contributed by atoms with Gasteiger partial charge in [-0.05, 0) is 71.1 Å². The lowest BCUT2D eigenvalue weighted by molar-refractivity contribution is 0.154. The summed E-state index contributed by atoms with van der Waals surface area (Å²) in [6.07, 6.45) is 5.49. The third-order valence-corrected chi connectivity index (χ3v) is 4.97. The molecule has 1 aromatic rings. The summed E-state index contributed by atoms with van der Waals surface area (Å²) in [6.45, 7) is 10.0. The molecule has 0 saturated carbocycles. The Morgan fingerprint density at radius 1 is 1.30 bits per heavy atom. The maximum Gasteiger partial charge on any atom is 0.0597 e. The van der Waals surface area contributed by atoms with Crippen LogP contribution >= 0.6 is 0 Å². The van der Waals surface area contributed by atoms with Gasteiger partial charge in [-0.3, -0.25) is 9.58 Å². The van der Waals surface area contributed by atoms with Crippen molar-refractivity contribution in [1.82, 2.24) is 20.0 Å². The first-order valence-corrected chi connectivity index (χ1v) is 8.25. The molecule has 0 aliphatic carbocycles. The van der Waals surface area contributed by atoms with Gasteiger partial charge in [0.15, 0.2) is 0 Å². The van der Waals surface area contributed by atoms with Crippen LogP contribution in [0.15, 0.2) is 6.07 Å². The minimum atomic E-state index is 0.806. The molecule has 2 aliphatic rings. The van der Waals surface area contributed by atoms with Gasteiger partial charge in [0.2, 0.25) is 0 Å². The van der Waals surface area contributed by atoms with Gasteiger partial charge in [-0.2, -0.15) is 5.10 Å². The normalized spacial score (nSPS) is 25.4. The average molecular weight is 276 g/mol. The predicted octanol–water partition coefficient (Wildman–Crippen LogP) is 2.18. The fourth-order valence-electron chi connectivity index (χ4n) is 3.86. The first kappa shape index (κ1) is 14.1. The van der Waals surface area contributed by atoms with Crippen LogP contribution in [0, 0.1) is 12.8 Å². The van der Waals surface area contributed by atoms with Crippen molar-refractivity contribution in [3.8, 4) is 0 Å². The fourth-order valence-corrected chi connectivity index (χ4v) is 3.86. The zero-order valence-electron chi connectivity index (χ0n) is 12.9. The van der Waals surface area contributed by atoms with Gasteiger partial charge >= 0.3 is 0 Å². The molecule has 4 heteroatoms. The van der Waals surface area contributed by atoms with E-state index in [0.717, 1.165) is 30.7 Å². The summed E-state index contributed by atoms with van der Waals surface area (Å²) < 4.78 is 2.15. The summed E-state index contributed by atoms with van der Waals surface area (Å²) in [5.41, 5.74) is 2.52. The number of piperidine rings is 1. The summed E-state index contributed by atoms with van der Waals surface area (Å²) in [5.74, 6) is 0.909. The molecular weight excluding hydrogens is 248 g/mol. The van der Waals surface area contributed by atoms with Crippen molar-refractivity contribution >= 4 is 0 Å². The van der Waals surface area contributed by atoms with Crippen molar-refractivity contribution in [3.63, 3.8) is 0 Å². The van der Waals surface area contributed by atoms with E-state index in [1.54, 1.807) is 0 Å². The minimum absolute atomic E-state index is 0.806. The van der Waals surface area contributed by atoms with E-state index in [2.05, 4.69) is 39.9 Å². The Morgan fingerprint density at radius 3 is 2.75 bits per heavy atom. The minimum Gasteiger partial charge on any atom is -0.314 e. The summed E-state index contributed by atoms with van der Waals surface area (Å²) >= 11 is 0. The average Bonchev–Trinajstić information content (AvgIpc) is 3.09. The number of hydrogen-bond acceptors (Lipinski definition) is 3. The highest BCUT2D eigenvalue weighted by Crippen LogP contribution is 2.26. The highest BCUT2D eigenvalue weighted by atomic mass is 15.3. The number of hydrogen-bond donors (Lipinski definition) is 1. The molecule has 1 aromatic heterocycles. The molecule has 0 spiro atoms. The van der Waals surface area contributed by atoms with E-state index in [4.69, 9.17) is 0 Å². The molecule has 1 atom stereocenters. The van der Waals surface area contributed by atoms with Crippen LogP contribution in [-0.2, 0) is 13.1 Å². The molecule has 3 heterocycles. The predicted molar refractivity (Wildman–Crippen MR) is 81.7 cm³/mol. The molecule has 112 valence electrons.